The van der Waals surface area contributed by atoms with E-state index >= 15 is 0 Å². The fraction of sp³-hybridized carbons (Fsp3) is 0.0385. The average Bonchev–Trinajstić information content (AvgIpc) is 3.33. The Bertz CT molecular complexity index is 1400. The molecule has 0 bridgehead atoms. The highest BCUT2D eigenvalue weighted by atomic mass is 35.5. The molecule has 0 saturated heterocycles. The van der Waals surface area contributed by atoms with E-state index in [0.717, 1.165) is 45.4 Å². The number of hydrogen-bond donors (Lipinski definition) is 2. The lowest BCUT2D eigenvalue weighted by Gasteiger charge is -2.10. The van der Waals surface area contributed by atoms with E-state index in [9.17, 15) is 0 Å². The van der Waals surface area contributed by atoms with Crippen LogP contribution in [0.2, 0.25) is 5.02 Å². The number of rotatable bonds is 6. The molecule has 2 N–H and O–H groups in total. The van der Waals surface area contributed by atoms with Crippen LogP contribution < -0.4 is 10.6 Å². The summed E-state index contributed by atoms with van der Waals surface area (Å²) >= 11 is 6.28. The fourth-order valence-electron chi connectivity index (χ4n) is 3.49. The van der Waals surface area contributed by atoms with Gasteiger partial charge in [-0.1, -0.05) is 53.2 Å². The van der Waals surface area contributed by atoms with Gasteiger partial charge in [-0.05, 0) is 55.5 Å². The summed E-state index contributed by atoms with van der Waals surface area (Å²) < 4.78 is 1.77. The lowest BCUT2D eigenvalue weighted by molar-refractivity contribution is 0.804. The zero-order valence-electron chi connectivity index (χ0n) is 17.9. The second-order valence-corrected chi connectivity index (χ2v) is 8.01. The number of halogens is 1. The van der Waals surface area contributed by atoms with Gasteiger partial charge >= 0.3 is 0 Å². The van der Waals surface area contributed by atoms with Crippen molar-refractivity contribution >= 4 is 34.4 Å². The van der Waals surface area contributed by atoms with Crippen molar-refractivity contribution in [1.82, 2.24) is 20.0 Å². The van der Waals surface area contributed by atoms with E-state index in [1.807, 2.05) is 98.0 Å². The maximum atomic E-state index is 6.28. The van der Waals surface area contributed by atoms with Crippen LogP contribution in [0.3, 0.4) is 0 Å². The molecule has 0 fully saturated rings. The predicted molar refractivity (Wildman–Crippen MR) is 134 cm³/mol. The number of aromatic nitrogens is 4. The third-order valence-electron chi connectivity index (χ3n) is 5.10. The van der Waals surface area contributed by atoms with Crippen LogP contribution in [0.15, 0.2) is 97.3 Å². The third kappa shape index (κ3) is 4.86. The molecule has 0 aliphatic carbocycles. The minimum Gasteiger partial charge on any atom is -0.355 e. The monoisotopic (exact) mass is 452 g/mol. The molecule has 2 heterocycles. The van der Waals surface area contributed by atoms with Crippen molar-refractivity contribution in [2.75, 3.05) is 10.6 Å². The standard InChI is InChI=1S/C26H21ClN6/c1-18-13-25(24(27)16-28-18)30-21-10-5-7-19(14-21)26-17-33(32-31-26)23-12-6-11-22(15-23)29-20-8-3-2-4-9-20/h2-17,29H,1H3,(H,28,30). The summed E-state index contributed by atoms with van der Waals surface area (Å²) in [5.41, 5.74) is 7.27. The molecule has 5 aromatic rings. The summed E-state index contributed by atoms with van der Waals surface area (Å²) in [6, 6.07) is 28.0. The van der Waals surface area contributed by atoms with Gasteiger partial charge in [0.15, 0.2) is 0 Å². The number of benzene rings is 3. The van der Waals surface area contributed by atoms with Crippen molar-refractivity contribution in [1.29, 1.82) is 0 Å². The van der Waals surface area contributed by atoms with Crippen LogP contribution in [0, 0.1) is 6.92 Å². The number of nitrogens with one attached hydrogen (secondary N) is 2. The van der Waals surface area contributed by atoms with Gasteiger partial charge in [0.2, 0.25) is 0 Å². The normalized spacial score (nSPS) is 10.7. The average molecular weight is 453 g/mol. The van der Waals surface area contributed by atoms with Gasteiger partial charge in [0, 0.05) is 34.5 Å². The lowest BCUT2D eigenvalue weighted by Crippen LogP contribution is -1.96. The molecule has 33 heavy (non-hydrogen) atoms. The zero-order valence-corrected chi connectivity index (χ0v) is 18.7. The number of hydrogen-bond acceptors (Lipinski definition) is 5. The summed E-state index contributed by atoms with van der Waals surface area (Å²) in [5.74, 6) is 0. The molecule has 0 atom stereocenters. The van der Waals surface area contributed by atoms with Gasteiger partial charge in [-0.15, -0.1) is 5.10 Å². The second-order valence-electron chi connectivity index (χ2n) is 7.60. The van der Waals surface area contributed by atoms with Gasteiger partial charge in [0.05, 0.1) is 22.6 Å². The van der Waals surface area contributed by atoms with Gasteiger partial charge in [-0.25, -0.2) is 4.68 Å². The smallest absolute Gasteiger partial charge is 0.113 e. The molecule has 7 heteroatoms. The Morgan fingerprint density at radius 2 is 1.55 bits per heavy atom. The zero-order chi connectivity index (χ0) is 22.6. The second kappa shape index (κ2) is 9.14. The van der Waals surface area contributed by atoms with Gasteiger partial charge in [0.25, 0.3) is 0 Å². The summed E-state index contributed by atoms with van der Waals surface area (Å²) in [5, 5.41) is 16.1. The van der Waals surface area contributed by atoms with Gasteiger partial charge in [-0.2, -0.15) is 0 Å². The Hall–Kier alpha value is -4.16. The van der Waals surface area contributed by atoms with E-state index in [0.29, 0.717) is 5.02 Å². The van der Waals surface area contributed by atoms with Crippen molar-refractivity contribution in [3.05, 3.63) is 108 Å². The minimum atomic E-state index is 0.570. The molecule has 2 aromatic heterocycles. The number of pyridine rings is 1. The van der Waals surface area contributed by atoms with Gasteiger partial charge in [-0.3, -0.25) is 4.98 Å². The van der Waals surface area contributed by atoms with Crippen LogP contribution in [0.25, 0.3) is 16.9 Å². The van der Waals surface area contributed by atoms with E-state index in [4.69, 9.17) is 11.6 Å². The van der Waals surface area contributed by atoms with Crippen LogP contribution >= 0.6 is 11.6 Å². The van der Waals surface area contributed by atoms with E-state index in [2.05, 4.69) is 25.9 Å². The summed E-state index contributed by atoms with van der Waals surface area (Å²) in [6.07, 6.45) is 3.57. The minimum absolute atomic E-state index is 0.570. The van der Waals surface area contributed by atoms with Crippen molar-refractivity contribution in [2.45, 2.75) is 6.92 Å². The number of anilines is 4. The van der Waals surface area contributed by atoms with Crippen LogP contribution in [0.4, 0.5) is 22.7 Å². The third-order valence-corrected chi connectivity index (χ3v) is 5.40. The number of aryl methyl sites for hydroxylation is 1. The Labute approximate surface area is 196 Å². The lowest BCUT2D eigenvalue weighted by atomic mass is 10.1. The molecule has 0 unspecified atom stereocenters. The molecular weight excluding hydrogens is 432 g/mol. The van der Waals surface area contributed by atoms with Crippen LogP contribution in [-0.2, 0) is 0 Å². The molecule has 5 rings (SSSR count). The SMILES string of the molecule is Cc1cc(Nc2cccc(-c3cn(-c4cccc(Nc5ccccc5)c4)nn3)c2)c(Cl)cn1. The van der Waals surface area contributed by atoms with E-state index in [1.165, 1.54) is 0 Å². The molecule has 162 valence electrons. The Balaban J connectivity index is 1.37. The largest absolute Gasteiger partial charge is 0.355 e. The first-order valence-electron chi connectivity index (χ1n) is 10.5. The van der Waals surface area contributed by atoms with Crippen molar-refractivity contribution in [2.24, 2.45) is 0 Å². The Morgan fingerprint density at radius 3 is 2.39 bits per heavy atom. The molecule has 3 aromatic carbocycles. The van der Waals surface area contributed by atoms with Crippen LogP contribution in [-0.4, -0.2) is 20.0 Å². The molecule has 6 nitrogen and oxygen atoms in total. The molecule has 0 amide bonds. The van der Waals surface area contributed by atoms with E-state index in [1.54, 1.807) is 10.9 Å². The molecule has 0 saturated carbocycles. The van der Waals surface area contributed by atoms with Crippen LogP contribution in [0.5, 0.6) is 0 Å². The van der Waals surface area contributed by atoms with E-state index < -0.39 is 0 Å². The Morgan fingerprint density at radius 1 is 0.788 bits per heavy atom. The van der Waals surface area contributed by atoms with Crippen molar-refractivity contribution in [3.63, 3.8) is 0 Å². The van der Waals surface area contributed by atoms with Crippen molar-refractivity contribution in [3.8, 4) is 16.9 Å². The first-order valence-corrected chi connectivity index (χ1v) is 10.9. The number of nitrogens with zero attached hydrogens (tertiary/aromatic N) is 4. The molecule has 0 spiro atoms. The molecular formula is C26H21ClN6. The summed E-state index contributed by atoms with van der Waals surface area (Å²) in [7, 11) is 0. The maximum Gasteiger partial charge on any atom is 0.113 e. The van der Waals surface area contributed by atoms with Gasteiger partial charge in [0.1, 0.15) is 5.69 Å². The summed E-state index contributed by atoms with van der Waals surface area (Å²) in [6.45, 7) is 1.93. The molecule has 0 aliphatic rings. The fourth-order valence-corrected chi connectivity index (χ4v) is 3.64. The maximum absolute atomic E-state index is 6.28. The first-order chi connectivity index (χ1) is 16.1. The summed E-state index contributed by atoms with van der Waals surface area (Å²) in [4.78, 5) is 4.21. The van der Waals surface area contributed by atoms with Crippen LogP contribution in [0.1, 0.15) is 5.69 Å². The van der Waals surface area contributed by atoms with Gasteiger partial charge < -0.3 is 10.6 Å². The highest BCUT2D eigenvalue weighted by molar-refractivity contribution is 6.33. The Kier molecular flexibility index (Phi) is 5.74. The number of para-hydroxylation sites is 1. The van der Waals surface area contributed by atoms with Crippen molar-refractivity contribution < 1.29 is 0 Å². The topological polar surface area (TPSA) is 67.7 Å². The predicted octanol–water partition coefficient (Wildman–Crippen LogP) is 6.78. The first kappa shape index (κ1) is 20.7. The van der Waals surface area contributed by atoms with E-state index in [-0.39, 0.29) is 0 Å². The quantitative estimate of drug-likeness (QED) is 0.297. The molecule has 0 radical (unpaired) electrons. The highest BCUT2D eigenvalue weighted by Gasteiger charge is 2.08. The molecule has 0 aliphatic heterocycles. The highest BCUT2D eigenvalue weighted by Crippen LogP contribution is 2.28.